The first-order valence-electron chi connectivity index (χ1n) is 10.1. The lowest BCUT2D eigenvalue weighted by atomic mass is 9.96. The van der Waals surface area contributed by atoms with Crippen molar-refractivity contribution < 1.29 is 23.5 Å². The monoisotopic (exact) mass is 419 g/mol. The summed E-state index contributed by atoms with van der Waals surface area (Å²) < 4.78 is 19.0. The van der Waals surface area contributed by atoms with Gasteiger partial charge in [0.25, 0.3) is 5.91 Å². The molecule has 3 aromatic rings. The Morgan fingerprint density at radius 3 is 2.39 bits per heavy atom. The maximum atomic E-state index is 13.3. The first kappa shape index (κ1) is 20.6. The molecule has 6 heteroatoms. The minimum absolute atomic E-state index is 0.0393. The first-order valence-corrected chi connectivity index (χ1v) is 10.1. The summed E-state index contributed by atoms with van der Waals surface area (Å²) >= 11 is 0. The van der Waals surface area contributed by atoms with E-state index in [0.717, 1.165) is 5.56 Å². The fraction of sp³-hybridized carbons (Fsp3) is 0.200. The SMILES string of the molecule is Cc1ccc(C2C(C(=O)CCc3ccccc3)=C(O)C(=O)N2Cc2ccc(F)cc2)o1. The van der Waals surface area contributed by atoms with Crippen molar-refractivity contribution >= 4 is 11.7 Å². The van der Waals surface area contributed by atoms with Crippen LogP contribution in [0, 0.1) is 12.7 Å². The van der Waals surface area contributed by atoms with Crippen molar-refractivity contribution in [3.8, 4) is 0 Å². The van der Waals surface area contributed by atoms with Crippen LogP contribution in [0.2, 0.25) is 0 Å². The second kappa shape index (κ2) is 8.60. The molecule has 1 amide bonds. The molecule has 31 heavy (non-hydrogen) atoms. The number of aliphatic hydroxyl groups is 1. The van der Waals surface area contributed by atoms with Crippen LogP contribution < -0.4 is 0 Å². The number of amides is 1. The van der Waals surface area contributed by atoms with Crippen LogP contribution in [0.25, 0.3) is 0 Å². The smallest absolute Gasteiger partial charge is 0.290 e. The molecule has 0 fully saturated rings. The molecule has 0 spiro atoms. The van der Waals surface area contributed by atoms with Crippen molar-refractivity contribution in [1.29, 1.82) is 0 Å². The Morgan fingerprint density at radius 1 is 1.03 bits per heavy atom. The van der Waals surface area contributed by atoms with E-state index in [1.54, 1.807) is 31.2 Å². The van der Waals surface area contributed by atoms with Gasteiger partial charge in [0.2, 0.25) is 0 Å². The number of carbonyl (C=O) groups is 2. The Kier molecular flexibility index (Phi) is 5.71. The van der Waals surface area contributed by atoms with Gasteiger partial charge >= 0.3 is 0 Å². The highest BCUT2D eigenvalue weighted by atomic mass is 19.1. The molecule has 2 aromatic carbocycles. The lowest BCUT2D eigenvalue weighted by Crippen LogP contribution is -2.30. The van der Waals surface area contributed by atoms with Crippen molar-refractivity contribution in [2.75, 3.05) is 0 Å². The molecular weight excluding hydrogens is 397 g/mol. The van der Waals surface area contributed by atoms with E-state index in [0.29, 0.717) is 23.5 Å². The van der Waals surface area contributed by atoms with E-state index in [4.69, 9.17) is 4.42 Å². The summed E-state index contributed by atoms with van der Waals surface area (Å²) in [7, 11) is 0. The average molecular weight is 419 g/mol. The first-order chi connectivity index (χ1) is 14.9. The number of nitrogens with zero attached hydrogens (tertiary/aromatic N) is 1. The molecule has 1 aliphatic heterocycles. The van der Waals surface area contributed by atoms with Gasteiger partial charge in [-0.2, -0.15) is 0 Å². The van der Waals surface area contributed by atoms with Crippen LogP contribution in [0.3, 0.4) is 0 Å². The van der Waals surface area contributed by atoms with Crippen molar-refractivity contribution in [2.45, 2.75) is 32.4 Å². The number of halogens is 1. The molecule has 0 aliphatic carbocycles. The van der Waals surface area contributed by atoms with Crippen LogP contribution in [0.5, 0.6) is 0 Å². The minimum atomic E-state index is -0.838. The topological polar surface area (TPSA) is 70.8 Å². The number of aliphatic hydroxyl groups excluding tert-OH is 1. The molecule has 0 saturated heterocycles. The largest absolute Gasteiger partial charge is 0.503 e. The second-order valence-electron chi connectivity index (χ2n) is 7.58. The highest BCUT2D eigenvalue weighted by Crippen LogP contribution is 2.40. The number of Topliss-reactive ketones (excluding diaryl/α,β-unsaturated/α-hetero) is 1. The Balaban J connectivity index is 1.64. The Labute approximate surface area is 179 Å². The van der Waals surface area contributed by atoms with Crippen LogP contribution in [-0.2, 0) is 22.6 Å². The number of carbonyl (C=O) groups excluding carboxylic acids is 2. The maximum absolute atomic E-state index is 13.3. The van der Waals surface area contributed by atoms with Gasteiger partial charge in [0.05, 0.1) is 5.57 Å². The molecule has 0 radical (unpaired) electrons. The third-order valence-electron chi connectivity index (χ3n) is 5.38. The van der Waals surface area contributed by atoms with Crippen molar-refractivity contribution in [1.82, 2.24) is 4.90 Å². The number of aryl methyl sites for hydroxylation is 2. The maximum Gasteiger partial charge on any atom is 0.290 e. The predicted molar refractivity (Wildman–Crippen MR) is 113 cm³/mol. The molecule has 0 saturated carbocycles. The van der Waals surface area contributed by atoms with Gasteiger partial charge in [-0.15, -0.1) is 0 Å². The normalized spacial score (nSPS) is 16.3. The molecule has 4 rings (SSSR count). The van der Waals surface area contributed by atoms with E-state index in [1.807, 2.05) is 30.3 Å². The molecule has 1 atom stereocenters. The molecular formula is C25H22FNO4. The molecule has 158 valence electrons. The van der Waals surface area contributed by atoms with Crippen molar-refractivity contribution in [3.05, 3.63) is 107 Å². The van der Waals surface area contributed by atoms with Gasteiger partial charge in [-0.1, -0.05) is 42.5 Å². The lowest BCUT2D eigenvalue weighted by molar-refractivity contribution is -0.130. The van der Waals surface area contributed by atoms with E-state index in [-0.39, 0.29) is 30.1 Å². The van der Waals surface area contributed by atoms with Crippen LogP contribution in [0.1, 0.15) is 35.1 Å². The predicted octanol–water partition coefficient (Wildman–Crippen LogP) is 4.82. The van der Waals surface area contributed by atoms with Gasteiger partial charge < -0.3 is 14.4 Å². The minimum Gasteiger partial charge on any atom is -0.503 e. The molecule has 0 bridgehead atoms. The summed E-state index contributed by atoms with van der Waals surface area (Å²) in [5, 5.41) is 10.6. The van der Waals surface area contributed by atoms with Crippen LogP contribution in [0.4, 0.5) is 4.39 Å². The van der Waals surface area contributed by atoms with E-state index < -0.39 is 17.7 Å². The zero-order valence-corrected chi connectivity index (χ0v) is 17.0. The van der Waals surface area contributed by atoms with E-state index in [9.17, 15) is 19.1 Å². The highest BCUT2D eigenvalue weighted by Gasteiger charge is 2.44. The standard InChI is InChI=1S/C25H22FNO4/c1-16-7-14-21(31-16)23-22(20(28)13-10-17-5-3-2-4-6-17)24(29)25(30)27(23)15-18-8-11-19(26)12-9-18/h2-9,11-12,14,23,29H,10,13,15H2,1H3. The van der Waals surface area contributed by atoms with E-state index >= 15 is 0 Å². The van der Waals surface area contributed by atoms with Crippen LogP contribution in [0.15, 0.2) is 82.5 Å². The summed E-state index contributed by atoms with van der Waals surface area (Å²) in [6, 6.07) is 17.9. The fourth-order valence-electron chi connectivity index (χ4n) is 3.82. The third-order valence-corrected chi connectivity index (χ3v) is 5.38. The van der Waals surface area contributed by atoms with Crippen molar-refractivity contribution in [3.63, 3.8) is 0 Å². The number of ketones is 1. The zero-order valence-electron chi connectivity index (χ0n) is 17.0. The summed E-state index contributed by atoms with van der Waals surface area (Å²) in [5.74, 6) is -0.861. The summed E-state index contributed by atoms with van der Waals surface area (Å²) in [5.41, 5.74) is 1.71. The molecule has 1 unspecified atom stereocenters. The number of hydrogen-bond acceptors (Lipinski definition) is 4. The van der Waals surface area contributed by atoms with Crippen molar-refractivity contribution in [2.24, 2.45) is 0 Å². The van der Waals surface area contributed by atoms with E-state index in [1.165, 1.54) is 17.0 Å². The summed E-state index contributed by atoms with van der Waals surface area (Å²) in [4.78, 5) is 27.4. The lowest BCUT2D eigenvalue weighted by Gasteiger charge is -2.25. The summed E-state index contributed by atoms with van der Waals surface area (Å²) in [6.07, 6.45) is 0.643. The molecule has 2 heterocycles. The van der Waals surface area contributed by atoms with Gasteiger partial charge in [-0.3, -0.25) is 9.59 Å². The van der Waals surface area contributed by atoms with Gasteiger partial charge in [0, 0.05) is 13.0 Å². The zero-order chi connectivity index (χ0) is 22.0. The molecule has 5 nitrogen and oxygen atoms in total. The number of hydrogen-bond donors (Lipinski definition) is 1. The van der Waals surface area contributed by atoms with Gasteiger partial charge in [-0.05, 0) is 48.7 Å². The van der Waals surface area contributed by atoms with Gasteiger partial charge in [0.1, 0.15) is 23.4 Å². The second-order valence-corrected chi connectivity index (χ2v) is 7.58. The van der Waals surface area contributed by atoms with E-state index in [2.05, 4.69) is 0 Å². The Bertz CT molecular complexity index is 1130. The van der Waals surface area contributed by atoms with Crippen LogP contribution >= 0.6 is 0 Å². The molecule has 1 N–H and O–H groups in total. The third kappa shape index (κ3) is 4.28. The fourth-order valence-corrected chi connectivity index (χ4v) is 3.82. The van der Waals surface area contributed by atoms with Gasteiger partial charge in [-0.25, -0.2) is 4.39 Å². The molecule has 1 aromatic heterocycles. The Morgan fingerprint density at radius 2 is 1.74 bits per heavy atom. The average Bonchev–Trinajstić information content (AvgIpc) is 3.30. The summed E-state index contributed by atoms with van der Waals surface area (Å²) in [6.45, 7) is 1.87. The molecule has 1 aliphatic rings. The highest BCUT2D eigenvalue weighted by molar-refractivity contribution is 6.08. The number of benzene rings is 2. The Hall–Kier alpha value is -3.67. The quantitative estimate of drug-likeness (QED) is 0.596. The van der Waals surface area contributed by atoms with Gasteiger partial charge in [0.15, 0.2) is 11.5 Å². The number of furan rings is 1. The number of rotatable bonds is 7. The van der Waals surface area contributed by atoms with Crippen LogP contribution in [-0.4, -0.2) is 21.7 Å².